The molecule has 1 aromatic rings. The Hall–Kier alpha value is -0.940. The van der Waals surface area contributed by atoms with Crippen molar-refractivity contribution in [3.8, 4) is 0 Å². The summed E-state index contributed by atoms with van der Waals surface area (Å²) in [5, 5.41) is 3.41. The normalized spacial score (nSPS) is 17.5. The number of nitrogens with zero attached hydrogens (tertiary/aromatic N) is 2. The number of likely N-dealkylation sites (N-methyl/N-ethyl adjacent to an activating group) is 1. The van der Waals surface area contributed by atoms with Crippen LogP contribution in [0.15, 0.2) is 24.3 Å². The number of piperazine rings is 1. The average molecular weight is 276 g/mol. The number of nitrogens with one attached hydrogen (secondary N) is 1. The molecular weight excluding hydrogens is 248 g/mol. The fraction of sp³-hybridized carbons (Fsp3) is 0.625. The molecule has 0 amide bonds. The van der Waals surface area contributed by atoms with Crippen LogP contribution in [0.3, 0.4) is 0 Å². The molecule has 4 heteroatoms. The molecule has 0 bridgehead atoms. The molecule has 1 saturated heterocycles. The first-order valence-electron chi connectivity index (χ1n) is 7.67. The molecule has 1 heterocycles. The molecule has 0 aliphatic carbocycles. The van der Waals surface area contributed by atoms with E-state index in [0.717, 1.165) is 32.6 Å². The molecule has 0 atom stereocenters. The van der Waals surface area contributed by atoms with Crippen LogP contribution in [0.1, 0.15) is 17.5 Å². The molecule has 3 N–H and O–H groups in total. The maximum absolute atomic E-state index is 5.48. The van der Waals surface area contributed by atoms with Crippen LogP contribution in [0.25, 0.3) is 0 Å². The zero-order valence-electron chi connectivity index (χ0n) is 12.6. The lowest BCUT2D eigenvalue weighted by atomic mass is 10.1. The quantitative estimate of drug-likeness (QED) is 0.726. The smallest absolute Gasteiger partial charge is 0.0234 e. The highest BCUT2D eigenvalue weighted by Crippen LogP contribution is 2.09. The minimum absolute atomic E-state index is 0.761. The Bertz CT molecular complexity index is 369. The van der Waals surface area contributed by atoms with Crippen molar-refractivity contribution in [2.45, 2.75) is 19.5 Å². The van der Waals surface area contributed by atoms with Gasteiger partial charge in [0.2, 0.25) is 0 Å². The van der Waals surface area contributed by atoms with E-state index in [1.165, 1.54) is 37.3 Å². The van der Waals surface area contributed by atoms with Crippen LogP contribution < -0.4 is 11.1 Å². The lowest BCUT2D eigenvalue weighted by Crippen LogP contribution is -2.43. The average Bonchev–Trinajstić information content (AvgIpc) is 2.48. The Morgan fingerprint density at radius 2 is 1.70 bits per heavy atom. The van der Waals surface area contributed by atoms with Gasteiger partial charge in [-0.3, -0.25) is 4.90 Å². The second kappa shape index (κ2) is 8.37. The van der Waals surface area contributed by atoms with Crippen molar-refractivity contribution < 1.29 is 0 Å². The van der Waals surface area contributed by atoms with Gasteiger partial charge in [-0.05, 0) is 37.7 Å². The standard InChI is InChI=1S/C16H28N4/c1-19-9-11-20(12-10-19)14-16-5-3-15(4-6-16)13-18-8-2-7-17/h3-6,18H,2,7-14,17H2,1H3. The van der Waals surface area contributed by atoms with Gasteiger partial charge >= 0.3 is 0 Å². The van der Waals surface area contributed by atoms with Crippen LogP contribution in [-0.4, -0.2) is 56.1 Å². The second-order valence-electron chi connectivity index (χ2n) is 5.71. The number of hydrogen-bond acceptors (Lipinski definition) is 4. The molecule has 0 radical (unpaired) electrons. The van der Waals surface area contributed by atoms with Crippen LogP contribution in [0.5, 0.6) is 0 Å². The van der Waals surface area contributed by atoms with Gasteiger partial charge in [-0.1, -0.05) is 24.3 Å². The predicted molar refractivity (Wildman–Crippen MR) is 84.6 cm³/mol. The lowest BCUT2D eigenvalue weighted by Gasteiger charge is -2.32. The van der Waals surface area contributed by atoms with Crippen LogP contribution in [0, 0.1) is 0 Å². The highest BCUT2D eigenvalue weighted by atomic mass is 15.2. The first kappa shape index (κ1) is 15.4. The van der Waals surface area contributed by atoms with E-state index in [1.807, 2.05) is 0 Å². The highest BCUT2D eigenvalue weighted by molar-refractivity contribution is 5.22. The van der Waals surface area contributed by atoms with Crippen LogP contribution >= 0.6 is 0 Å². The maximum atomic E-state index is 5.48. The van der Waals surface area contributed by atoms with E-state index in [4.69, 9.17) is 5.73 Å². The van der Waals surface area contributed by atoms with Crippen molar-refractivity contribution in [1.82, 2.24) is 15.1 Å². The SMILES string of the molecule is CN1CCN(Cc2ccc(CNCCCN)cc2)CC1. The predicted octanol–water partition coefficient (Wildman–Crippen LogP) is 0.872. The van der Waals surface area contributed by atoms with Crippen LogP contribution in [0.4, 0.5) is 0 Å². The third kappa shape index (κ3) is 5.21. The summed E-state index contributed by atoms with van der Waals surface area (Å²) in [5.41, 5.74) is 8.25. The van der Waals surface area contributed by atoms with Crippen molar-refractivity contribution >= 4 is 0 Å². The third-order valence-corrected chi connectivity index (χ3v) is 3.91. The topological polar surface area (TPSA) is 44.5 Å². The van der Waals surface area contributed by atoms with Gasteiger partial charge in [0.15, 0.2) is 0 Å². The van der Waals surface area contributed by atoms with E-state index in [-0.39, 0.29) is 0 Å². The highest BCUT2D eigenvalue weighted by Gasteiger charge is 2.13. The third-order valence-electron chi connectivity index (χ3n) is 3.91. The van der Waals surface area contributed by atoms with Gasteiger partial charge < -0.3 is 16.0 Å². The van der Waals surface area contributed by atoms with Crippen molar-refractivity contribution in [1.29, 1.82) is 0 Å². The van der Waals surface area contributed by atoms with Crippen LogP contribution in [0.2, 0.25) is 0 Å². The van der Waals surface area contributed by atoms with Crippen LogP contribution in [-0.2, 0) is 13.1 Å². The van der Waals surface area contributed by atoms with Crippen molar-refractivity contribution in [2.75, 3.05) is 46.3 Å². The van der Waals surface area contributed by atoms with E-state index < -0.39 is 0 Å². The molecule has 112 valence electrons. The van der Waals surface area contributed by atoms with E-state index >= 15 is 0 Å². The van der Waals surface area contributed by atoms with E-state index in [0.29, 0.717) is 0 Å². The fourth-order valence-corrected chi connectivity index (χ4v) is 2.49. The van der Waals surface area contributed by atoms with Gasteiger partial charge in [-0.25, -0.2) is 0 Å². The largest absolute Gasteiger partial charge is 0.330 e. The number of nitrogens with two attached hydrogens (primary N) is 1. The fourth-order valence-electron chi connectivity index (χ4n) is 2.49. The Kier molecular flexibility index (Phi) is 6.47. The van der Waals surface area contributed by atoms with Crippen molar-refractivity contribution in [3.05, 3.63) is 35.4 Å². The summed E-state index contributed by atoms with van der Waals surface area (Å²) in [6.07, 6.45) is 1.04. The lowest BCUT2D eigenvalue weighted by molar-refractivity contribution is 0.148. The van der Waals surface area contributed by atoms with E-state index in [2.05, 4.69) is 46.4 Å². The van der Waals surface area contributed by atoms with Gasteiger partial charge in [0.1, 0.15) is 0 Å². The summed E-state index contributed by atoms with van der Waals surface area (Å²) in [6.45, 7) is 8.50. The molecule has 2 rings (SSSR count). The molecule has 0 saturated carbocycles. The molecule has 20 heavy (non-hydrogen) atoms. The summed E-state index contributed by atoms with van der Waals surface area (Å²) in [6, 6.07) is 9.00. The summed E-state index contributed by atoms with van der Waals surface area (Å²) in [4.78, 5) is 4.93. The molecule has 1 fully saturated rings. The summed E-state index contributed by atoms with van der Waals surface area (Å²) < 4.78 is 0. The second-order valence-corrected chi connectivity index (χ2v) is 5.71. The van der Waals surface area contributed by atoms with Crippen molar-refractivity contribution in [2.24, 2.45) is 5.73 Å². The molecule has 0 aromatic heterocycles. The molecule has 4 nitrogen and oxygen atoms in total. The Balaban J connectivity index is 1.73. The maximum Gasteiger partial charge on any atom is 0.0234 e. The monoisotopic (exact) mass is 276 g/mol. The van der Waals surface area contributed by atoms with E-state index in [9.17, 15) is 0 Å². The summed E-state index contributed by atoms with van der Waals surface area (Å²) in [5.74, 6) is 0. The zero-order chi connectivity index (χ0) is 14.2. The van der Waals surface area contributed by atoms with Gasteiger partial charge in [0, 0.05) is 39.3 Å². The first-order valence-corrected chi connectivity index (χ1v) is 7.67. The molecule has 1 aliphatic rings. The Labute approximate surface area is 122 Å². The number of benzene rings is 1. The number of rotatable bonds is 7. The van der Waals surface area contributed by atoms with E-state index in [1.54, 1.807) is 0 Å². The minimum atomic E-state index is 0.761. The van der Waals surface area contributed by atoms with Gasteiger partial charge in [0.05, 0.1) is 0 Å². The Morgan fingerprint density at radius 1 is 1.05 bits per heavy atom. The van der Waals surface area contributed by atoms with Gasteiger partial charge in [-0.15, -0.1) is 0 Å². The van der Waals surface area contributed by atoms with Crippen molar-refractivity contribution in [3.63, 3.8) is 0 Å². The zero-order valence-corrected chi connectivity index (χ0v) is 12.6. The molecule has 1 aromatic carbocycles. The molecule has 0 spiro atoms. The summed E-state index contributed by atoms with van der Waals surface area (Å²) >= 11 is 0. The molecular formula is C16H28N4. The minimum Gasteiger partial charge on any atom is -0.330 e. The Morgan fingerprint density at radius 3 is 2.35 bits per heavy atom. The van der Waals surface area contributed by atoms with Gasteiger partial charge in [-0.2, -0.15) is 0 Å². The number of hydrogen-bond donors (Lipinski definition) is 2. The summed E-state index contributed by atoms with van der Waals surface area (Å²) in [7, 11) is 2.20. The molecule has 1 aliphatic heterocycles. The van der Waals surface area contributed by atoms with Gasteiger partial charge in [0.25, 0.3) is 0 Å². The molecule has 0 unspecified atom stereocenters. The first-order chi connectivity index (χ1) is 9.78.